The average Bonchev–Trinajstić information content (AvgIpc) is 2.88. The zero-order valence-corrected chi connectivity index (χ0v) is 11.8. The standard InChI is InChI=1S/C13H11N5O2S/c1-20-7-2-3-8-10(6-7)21-13(15-8)16-12(19)9-4-5-11(14)18-17-9/h2-6H,1H3,(H2,14,18)(H,15,16,19). The molecule has 0 atom stereocenters. The number of amides is 1. The predicted molar refractivity (Wildman–Crippen MR) is 80.6 cm³/mol. The Balaban J connectivity index is 1.84. The molecule has 3 rings (SSSR count). The molecule has 2 heterocycles. The summed E-state index contributed by atoms with van der Waals surface area (Å²) in [5, 5.41) is 10.5. The Kier molecular flexibility index (Phi) is 3.36. The normalized spacial score (nSPS) is 10.5. The van der Waals surface area contributed by atoms with Gasteiger partial charge in [0.2, 0.25) is 0 Å². The van der Waals surface area contributed by atoms with Gasteiger partial charge in [-0.3, -0.25) is 10.1 Å². The fourth-order valence-corrected chi connectivity index (χ4v) is 2.60. The number of anilines is 2. The van der Waals surface area contributed by atoms with Crippen molar-refractivity contribution in [1.82, 2.24) is 15.2 Å². The molecule has 106 valence electrons. The Bertz CT molecular complexity index is 800. The first-order chi connectivity index (χ1) is 10.2. The molecular formula is C13H11N5O2S. The number of hydrogen-bond acceptors (Lipinski definition) is 7. The van der Waals surface area contributed by atoms with Crippen LogP contribution in [0.25, 0.3) is 10.2 Å². The summed E-state index contributed by atoms with van der Waals surface area (Å²) in [5.41, 5.74) is 6.40. The molecule has 0 radical (unpaired) electrons. The highest BCUT2D eigenvalue weighted by molar-refractivity contribution is 7.22. The van der Waals surface area contributed by atoms with E-state index in [1.54, 1.807) is 7.11 Å². The van der Waals surface area contributed by atoms with Gasteiger partial charge in [0.1, 0.15) is 11.6 Å². The number of rotatable bonds is 3. The first-order valence-corrected chi connectivity index (χ1v) is 6.82. The van der Waals surface area contributed by atoms with Crippen LogP contribution in [-0.4, -0.2) is 28.2 Å². The van der Waals surface area contributed by atoms with Gasteiger partial charge in [-0.05, 0) is 30.3 Å². The summed E-state index contributed by atoms with van der Waals surface area (Å²) < 4.78 is 6.08. The maximum absolute atomic E-state index is 12.0. The van der Waals surface area contributed by atoms with Crippen LogP contribution in [0.15, 0.2) is 30.3 Å². The quantitative estimate of drug-likeness (QED) is 0.766. The van der Waals surface area contributed by atoms with Gasteiger partial charge >= 0.3 is 0 Å². The summed E-state index contributed by atoms with van der Waals surface area (Å²) in [7, 11) is 1.60. The number of carbonyl (C=O) groups excluding carboxylic acids is 1. The highest BCUT2D eigenvalue weighted by Gasteiger charge is 2.12. The van der Waals surface area contributed by atoms with Crippen molar-refractivity contribution in [3.8, 4) is 5.75 Å². The minimum absolute atomic E-state index is 0.182. The molecule has 1 aromatic carbocycles. The molecule has 0 saturated carbocycles. The molecule has 1 amide bonds. The summed E-state index contributed by atoms with van der Waals surface area (Å²) in [4.78, 5) is 16.3. The van der Waals surface area contributed by atoms with Gasteiger partial charge < -0.3 is 10.5 Å². The molecule has 0 aliphatic rings. The Morgan fingerprint density at radius 2 is 2.14 bits per heavy atom. The van der Waals surface area contributed by atoms with Gasteiger partial charge in [-0.2, -0.15) is 0 Å². The van der Waals surface area contributed by atoms with Gasteiger partial charge in [-0.25, -0.2) is 4.98 Å². The molecule has 2 aromatic heterocycles. The van der Waals surface area contributed by atoms with Crippen LogP contribution in [0.3, 0.4) is 0 Å². The van der Waals surface area contributed by atoms with E-state index in [-0.39, 0.29) is 17.4 Å². The van der Waals surface area contributed by atoms with Crippen molar-refractivity contribution in [1.29, 1.82) is 0 Å². The number of thiazole rings is 1. The zero-order chi connectivity index (χ0) is 14.8. The summed E-state index contributed by atoms with van der Waals surface area (Å²) >= 11 is 1.36. The average molecular weight is 301 g/mol. The van der Waals surface area contributed by atoms with Gasteiger partial charge in [0, 0.05) is 0 Å². The van der Waals surface area contributed by atoms with Crippen molar-refractivity contribution in [2.45, 2.75) is 0 Å². The fourth-order valence-electron chi connectivity index (χ4n) is 1.71. The molecule has 0 bridgehead atoms. The number of carbonyl (C=O) groups is 1. The minimum atomic E-state index is -0.381. The molecule has 0 spiro atoms. The number of aromatic nitrogens is 3. The topological polar surface area (TPSA) is 103 Å². The maximum Gasteiger partial charge on any atom is 0.277 e. The fraction of sp³-hybridized carbons (Fsp3) is 0.0769. The second-order valence-electron chi connectivity index (χ2n) is 4.15. The monoisotopic (exact) mass is 301 g/mol. The van der Waals surface area contributed by atoms with E-state index >= 15 is 0 Å². The second kappa shape index (κ2) is 5.33. The molecule has 0 fully saturated rings. The van der Waals surface area contributed by atoms with Gasteiger partial charge in [0.15, 0.2) is 10.8 Å². The van der Waals surface area contributed by atoms with E-state index < -0.39 is 0 Å². The van der Waals surface area contributed by atoms with Crippen molar-refractivity contribution >= 4 is 38.4 Å². The SMILES string of the molecule is COc1ccc2nc(NC(=O)c3ccc(N)nn3)sc2c1. The van der Waals surface area contributed by atoms with Crippen molar-refractivity contribution in [2.24, 2.45) is 0 Å². The van der Waals surface area contributed by atoms with Gasteiger partial charge in [0.05, 0.1) is 17.3 Å². The van der Waals surface area contributed by atoms with E-state index in [4.69, 9.17) is 10.5 Å². The molecule has 7 nitrogen and oxygen atoms in total. The van der Waals surface area contributed by atoms with Crippen LogP contribution in [0.1, 0.15) is 10.5 Å². The summed E-state index contributed by atoms with van der Waals surface area (Å²) in [6.45, 7) is 0. The second-order valence-corrected chi connectivity index (χ2v) is 5.18. The third-order valence-electron chi connectivity index (χ3n) is 2.73. The lowest BCUT2D eigenvalue weighted by Crippen LogP contribution is -2.14. The Morgan fingerprint density at radius 1 is 1.29 bits per heavy atom. The number of methoxy groups -OCH3 is 1. The first-order valence-electron chi connectivity index (χ1n) is 6.01. The predicted octanol–water partition coefficient (Wildman–Crippen LogP) is 1.93. The van der Waals surface area contributed by atoms with Crippen LogP contribution in [-0.2, 0) is 0 Å². The summed E-state index contributed by atoms with van der Waals surface area (Å²) in [6, 6.07) is 8.55. The molecule has 8 heteroatoms. The Labute approximate surface area is 123 Å². The first kappa shape index (κ1) is 13.3. The van der Waals surface area contributed by atoms with Crippen LogP contribution in [0.5, 0.6) is 5.75 Å². The lowest BCUT2D eigenvalue weighted by molar-refractivity contribution is 0.102. The van der Waals surface area contributed by atoms with Gasteiger partial charge in [-0.1, -0.05) is 11.3 Å². The van der Waals surface area contributed by atoms with Crippen molar-refractivity contribution < 1.29 is 9.53 Å². The van der Waals surface area contributed by atoms with E-state index in [9.17, 15) is 4.79 Å². The third-order valence-corrected chi connectivity index (χ3v) is 3.67. The minimum Gasteiger partial charge on any atom is -0.497 e. The largest absolute Gasteiger partial charge is 0.497 e. The maximum atomic E-state index is 12.0. The number of nitrogens with two attached hydrogens (primary N) is 1. The number of nitrogens with one attached hydrogen (secondary N) is 1. The number of nitrogen functional groups attached to an aromatic ring is 1. The van der Waals surface area contributed by atoms with Crippen LogP contribution in [0.2, 0.25) is 0 Å². The lowest BCUT2D eigenvalue weighted by Gasteiger charge is -1.99. The van der Waals surface area contributed by atoms with Gasteiger partial charge in [-0.15, -0.1) is 10.2 Å². The van der Waals surface area contributed by atoms with E-state index in [2.05, 4.69) is 20.5 Å². The zero-order valence-electron chi connectivity index (χ0n) is 11.0. The molecule has 3 aromatic rings. The van der Waals surface area contributed by atoms with Crippen LogP contribution in [0.4, 0.5) is 10.9 Å². The summed E-state index contributed by atoms with van der Waals surface area (Å²) in [6.07, 6.45) is 0. The van der Waals surface area contributed by atoms with E-state index in [0.717, 1.165) is 16.0 Å². The van der Waals surface area contributed by atoms with Gasteiger partial charge in [0.25, 0.3) is 5.91 Å². The number of fused-ring (bicyclic) bond motifs is 1. The molecule has 0 aliphatic heterocycles. The van der Waals surface area contributed by atoms with Crippen LogP contribution >= 0.6 is 11.3 Å². The smallest absolute Gasteiger partial charge is 0.277 e. The Morgan fingerprint density at radius 3 is 2.86 bits per heavy atom. The number of benzene rings is 1. The van der Waals surface area contributed by atoms with Crippen molar-refractivity contribution in [3.63, 3.8) is 0 Å². The molecular weight excluding hydrogens is 290 g/mol. The lowest BCUT2D eigenvalue weighted by atomic mass is 10.3. The third kappa shape index (κ3) is 2.75. The van der Waals surface area contributed by atoms with Crippen molar-refractivity contribution in [3.05, 3.63) is 36.0 Å². The van der Waals surface area contributed by atoms with Crippen LogP contribution < -0.4 is 15.8 Å². The summed E-state index contributed by atoms with van der Waals surface area (Å²) in [5.74, 6) is 0.626. The highest BCUT2D eigenvalue weighted by atomic mass is 32.1. The molecule has 0 saturated heterocycles. The molecule has 21 heavy (non-hydrogen) atoms. The van der Waals surface area contributed by atoms with E-state index in [1.165, 1.54) is 23.5 Å². The van der Waals surface area contributed by atoms with E-state index in [0.29, 0.717) is 5.13 Å². The van der Waals surface area contributed by atoms with E-state index in [1.807, 2.05) is 18.2 Å². The molecule has 0 unspecified atom stereocenters. The number of ether oxygens (including phenoxy) is 1. The molecule has 3 N–H and O–H groups in total. The number of nitrogens with zero attached hydrogens (tertiary/aromatic N) is 3. The highest BCUT2D eigenvalue weighted by Crippen LogP contribution is 2.29. The number of hydrogen-bond donors (Lipinski definition) is 2. The molecule has 0 aliphatic carbocycles. The van der Waals surface area contributed by atoms with Crippen LogP contribution in [0, 0.1) is 0 Å². The Hall–Kier alpha value is -2.74. The van der Waals surface area contributed by atoms with Crippen molar-refractivity contribution in [2.75, 3.05) is 18.2 Å².